The van der Waals surface area contributed by atoms with Gasteiger partial charge in [-0.2, -0.15) is 0 Å². The minimum Gasteiger partial charge on any atom is -0.412 e. The molecule has 0 spiro atoms. The van der Waals surface area contributed by atoms with Crippen LogP contribution in [0.3, 0.4) is 0 Å². The van der Waals surface area contributed by atoms with E-state index in [1.54, 1.807) is 23.3 Å². The van der Waals surface area contributed by atoms with Gasteiger partial charge in [0.15, 0.2) is 5.13 Å². The maximum Gasteiger partial charge on any atom is 0.240 e. The number of nitrogen functional groups attached to an aromatic ring is 1. The summed E-state index contributed by atoms with van der Waals surface area (Å²) >= 11 is 3.02. The van der Waals surface area contributed by atoms with Gasteiger partial charge in [-0.25, -0.2) is 20.0 Å². The summed E-state index contributed by atoms with van der Waals surface area (Å²) < 4.78 is 2.11. The first-order valence-corrected chi connectivity index (χ1v) is 9.66. The van der Waals surface area contributed by atoms with Crippen molar-refractivity contribution in [1.29, 1.82) is 0 Å². The predicted molar refractivity (Wildman–Crippen MR) is 104 cm³/mol. The molecule has 0 radical (unpaired) electrons. The minimum absolute atomic E-state index is 0. The lowest BCUT2D eigenvalue weighted by Gasteiger charge is -2.37. The largest absolute Gasteiger partial charge is 0.412 e. The quantitative estimate of drug-likeness (QED) is 0.736. The standard InChI is InChI=1S/C16H19N5OS2.H2O/c1-9-4-3-5-20(8-9)21(10(2)22)16-19-12-6-11-13(7-14(12)24-16)23-15(17)18-11;/h6-7,9H,3-5,8H2,1-2H3,(H2,17,18);1H2. The Morgan fingerprint density at radius 2 is 2.00 bits per heavy atom. The molecular formula is C16H21N5O2S2. The second-order valence-electron chi connectivity index (χ2n) is 6.33. The Hall–Kier alpha value is -1.81. The summed E-state index contributed by atoms with van der Waals surface area (Å²) in [5.41, 5.74) is 7.51. The summed E-state index contributed by atoms with van der Waals surface area (Å²) in [7, 11) is 0. The van der Waals surface area contributed by atoms with Crippen molar-refractivity contribution in [3.05, 3.63) is 12.1 Å². The van der Waals surface area contributed by atoms with Gasteiger partial charge >= 0.3 is 0 Å². The number of amides is 1. The molecule has 3 heterocycles. The molecule has 9 heteroatoms. The Morgan fingerprint density at radius 3 is 2.72 bits per heavy atom. The maximum atomic E-state index is 12.3. The van der Waals surface area contributed by atoms with Gasteiger partial charge in [-0.05, 0) is 30.9 Å². The minimum atomic E-state index is 0. The van der Waals surface area contributed by atoms with Crippen molar-refractivity contribution < 1.29 is 10.3 Å². The highest BCUT2D eigenvalue weighted by Crippen LogP contribution is 2.35. The molecule has 1 saturated heterocycles. The molecule has 0 aliphatic carbocycles. The first-order valence-electron chi connectivity index (χ1n) is 8.03. The number of hydrogen-bond donors (Lipinski definition) is 1. The van der Waals surface area contributed by atoms with E-state index >= 15 is 0 Å². The molecule has 1 aromatic carbocycles. The zero-order chi connectivity index (χ0) is 16.8. The number of piperidine rings is 1. The number of hydrazine groups is 1. The third kappa shape index (κ3) is 3.32. The van der Waals surface area contributed by atoms with E-state index in [9.17, 15) is 4.79 Å². The Bertz CT molecular complexity index is 871. The summed E-state index contributed by atoms with van der Waals surface area (Å²) in [6, 6.07) is 4.02. The fourth-order valence-corrected chi connectivity index (χ4v) is 5.13. The van der Waals surface area contributed by atoms with Crippen molar-refractivity contribution >= 4 is 59.3 Å². The van der Waals surface area contributed by atoms with Crippen LogP contribution in [0.4, 0.5) is 10.3 Å². The van der Waals surface area contributed by atoms with Crippen LogP contribution in [0.2, 0.25) is 0 Å². The van der Waals surface area contributed by atoms with Crippen LogP contribution in [0.25, 0.3) is 20.4 Å². The number of carbonyl (C=O) groups is 1. The normalized spacial score (nSPS) is 18.4. The summed E-state index contributed by atoms with van der Waals surface area (Å²) in [4.78, 5) is 21.3. The van der Waals surface area contributed by atoms with E-state index in [1.807, 2.05) is 6.07 Å². The van der Waals surface area contributed by atoms with Gasteiger partial charge in [0.1, 0.15) is 0 Å². The van der Waals surface area contributed by atoms with Gasteiger partial charge in [0.05, 0.1) is 20.4 Å². The fraction of sp³-hybridized carbons (Fsp3) is 0.438. The van der Waals surface area contributed by atoms with Crippen LogP contribution in [0.15, 0.2) is 12.1 Å². The molecule has 1 amide bonds. The van der Waals surface area contributed by atoms with Crippen LogP contribution in [-0.2, 0) is 4.79 Å². The number of rotatable bonds is 2. The Morgan fingerprint density at radius 1 is 1.28 bits per heavy atom. The summed E-state index contributed by atoms with van der Waals surface area (Å²) in [5, 5.41) is 5.18. The van der Waals surface area contributed by atoms with Gasteiger partial charge in [0.25, 0.3) is 0 Å². The monoisotopic (exact) mass is 379 g/mol. The Kier molecular flexibility index (Phi) is 4.92. The molecule has 1 aliphatic heterocycles. The van der Waals surface area contributed by atoms with Crippen molar-refractivity contribution in [2.24, 2.45) is 5.92 Å². The highest BCUT2D eigenvalue weighted by atomic mass is 32.1. The molecule has 4 rings (SSSR count). The van der Waals surface area contributed by atoms with Crippen molar-refractivity contribution in [2.75, 3.05) is 23.8 Å². The maximum absolute atomic E-state index is 12.3. The fourth-order valence-electron chi connectivity index (χ4n) is 3.25. The SMILES string of the molecule is CC(=O)N(c1nc2cc3nc(N)sc3cc2s1)N1CCCC(C)C1.O. The van der Waals surface area contributed by atoms with Gasteiger partial charge in [-0.15, -0.1) is 0 Å². The lowest BCUT2D eigenvalue weighted by Crippen LogP contribution is -2.50. The smallest absolute Gasteiger partial charge is 0.240 e. The molecule has 1 aliphatic rings. The number of carbonyl (C=O) groups excluding carboxylic acids is 1. The second kappa shape index (κ2) is 6.83. The Labute approximate surface area is 153 Å². The first-order chi connectivity index (χ1) is 11.5. The van der Waals surface area contributed by atoms with Gasteiger partial charge in [0, 0.05) is 20.0 Å². The molecule has 134 valence electrons. The Balaban J connectivity index is 0.00000182. The van der Waals surface area contributed by atoms with Crippen molar-refractivity contribution in [3.8, 4) is 0 Å². The van der Waals surface area contributed by atoms with Crippen LogP contribution in [0, 0.1) is 5.92 Å². The molecule has 0 saturated carbocycles. The highest BCUT2D eigenvalue weighted by molar-refractivity contribution is 7.24. The number of nitrogens with zero attached hydrogens (tertiary/aromatic N) is 4. The molecule has 4 N–H and O–H groups in total. The molecule has 1 unspecified atom stereocenters. The van der Waals surface area contributed by atoms with E-state index in [4.69, 9.17) is 10.7 Å². The van der Waals surface area contributed by atoms with E-state index < -0.39 is 0 Å². The topological polar surface area (TPSA) is 107 Å². The summed E-state index contributed by atoms with van der Waals surface area (Å²) in [6.45, 7) is 5.62. The third-order valence-electron chi connectivity index (χ3n) is 4.30. The van der Waals surface area contributed by atoms with E-state index in [2.05, 4.69) is 23.0 Å². The number of nitrogens with two attached hydrogens (primary N) is 1. The van der Waals surface area contributed by atoms with Gasteiger partial charge < -0.3 is 11.2 Å². The molecule has 0 bridgehead atoms. The van der Waals surface area contributed by atoms with Gasteiger partial charge in [0.2, 0.25) is 11.0 Å². The molecule has 25 heavy (non-hydrogen) atoms. The van der Waals surface area contributed by atoms with Gasteiger partial charge in [-0.3, -0.25) is 4.79 Å². The lowest BCUT2D eigenvalue weighted by molar-refractivity contribution is -0.120. The molecule has 7 nitrogen and oxygen atoms in total. The van der Waals surface area contributed by atoms with Crippen LogP contribution in [0.1, 0.15) is 26.7 Å². The zero-order valence-electron chi connectivity index (χ0n) is 14.2. The molecule has 1 fully saturated rings. The average Bonchev–Trinajstić information content (AvgIpc) is 3.05. The van der Waals surface area contributed by atoms with Gasteiger partial charge in [-0.1, -0.05) is 29.6 Å². The van der Waals surface area contributed by atoms with Crippen LogP contribution < -0.4 is 10.7 Å². The van der Waals surface area contributed by atoms with E-state index in [-0.39, 0.29) is 11.4 Å². The van der Waals surface area contributed by atoms with E-state index in [0.717, 1.165) is 45.1 Å². The number of fused-ring (bicyclic) bond motifs is 2. The average molecular weight is 380 g/mol. The second-order valence-corrected chi connectivity index (χ2v) is 8.40. The highest BCUT2D eigenvalue weighted by Gasteiger charge is 2.27. The van der Waals surface area contributed by atoms with Crippen molar-refractivity contribution in [3.63, 3.8) is 0 Å². The lowest BCUT2D eigenvalue weighted by atomic mass is 10.0. The molecule has 1 atom stereocenters. The number of benzene rings is 1. The molecular weight excluding hydrogens is 358 g/mol. The van der Waals surface area contributed by atoms with Crippen LogP contribution >= 0.6 is 22.7 Å². The van der Waals surface area contributed by atoms with Crippen molar-refractivity contribution in [1.82, 2.24) is 15.0 Å². The molecule has 2 aromatic heterocycles. The zero-order valence-corrected chi connectivity index (χ0v) is 15.8. The van der Waals surface area contributed by atoms with Crippen molar-refractivity contribution in [2.45, 2.75) is 26.7 Å². The number of aromatic nitrogens is 2. The number of hydrogen-bond acceptors (Lipinski definition) is 7. The number of anilines is 2. The third-order valence-corrected chi connectivity index (χ3v) is 6.14. The van der Waals surface area contributed by atoms with Crippen LogP contribution in [-0.4, -0.2) is 39.4 Å². The first kappa shape index (κ1) is 18.0. The molecule has 3 aromatic rings. The summed E-state index contributed by atoms with van der Waals surface area (Å²) in [5.74, 6) is 0.597. The van der Waals surface area contributed by atoms with Crippen LogP contribution in [0.5, 0.6) is 0 Å². The number of thiazole rings is 2. The van der Waals surface area contributed by atoms with E-state index in [1.165, 1.54) is 17.8 Å². The van der Waals surface area contributed by atoms with E-state index in [0.29, 0.717) is 11.0 Å². The summed E-state index contributed by atoms with van der Waals surface area (Å²) in [6.07, 6.45) is 2.32. The predicted octanol–water partition coefficient (Wildman–Crippen LogP) is 2.66.